The van der Waals surface area contributed by atoms with Crippen LogP contribution in [0.1, 0.15) is 28.9 Å². The molecule has 0 fully saturated rings. The Morgan fingerprint density at radius 1 is 1.24 bits per heavy atom. The first kappa shape index (κ1) is 15.4. The molecule has 1 unspecified atom stereocenters. The van der Waals surface area contributed by atoms with Crippen molar-refractivity contribution >= 4 is 27.5 Å². The van der Waals surface area contributed by atoms with Gasteiger partial charge in [0, 0.05) is 10.2 Å². The van der Waals surface area contributed by atoms with Gasteiger partial charge in [0.15, 0.2) is 0 Å². The fraction of sp³-hybridized carbons (Fsp3) is 0.188. The van der Waals surface area contributed by atoms with Crippen molar-refractivity contribution in [3.05, 3.63) is 58.1 Å². The summed E-state index contributed by atoms with van der Waals surface area (Å²) >= 11 is 3.34. The quantitative estimate of drug-likeness (QED) is 0.830. The summed E-state index contributed by atoms with van der Waals surface area (Å²) in [6.45, 7) is 1.92. The highest BCUT2D eigenvalue weighted by atomic mass is 79.9. The number of rotatable bonds is 4. The molecule has 3 N–H and O–H groups in total. The number of hydrogen-bond acceptors (Lipinski definition) is 3. The van der Waals surface area contributed by atoms with Crippen molar-refractivity contribution < 1.29 is 9.53 Å². The van der Waals surface area contributed by atoms with Gasteiger partial charge in [0.05, 0.1) is 18.7 Å². The third-order valence-corrected chi connectivity index (χ3v) is 3.72. The highest BCUT2D eigenvalue weighted by Gasteiger charge is 2.14. The van der Waals surface area contributed by atoms with Gasteiger partial charge < -0.3 is 15.8 Å². The van der Waals surface area contributed by atoms with E-state index in [0.717, 1.165) is 15.8 Å². The van der Waals surface area contributed by atoms with Gasteiger partial charge in [-0.25, -0.2) is 0 Å². The van der Waals surface area contributed by atoms with Crippen LogP contribution in [0, 0.1) is 0 Å². The lowest BCUT2D eigenvalue weighted by Gasteiger charge is -2.15. The van der Waals surface area contributed by atoms with E-state index in [1.54, 1.807) is 25.3 Å². The number of carbonyl (C=O) groups excluding carboxylic acids is 1. The molecule has 2 aromatic carbocycles. The Kier molecular flexibility index (Phi) is 4.85. The number of halogens is 1. The summed E-state index contributed by atoms with van der Waals surface area (Å²) in [4.78, 5) is 12.3. The lowest BCUT2D eigenvalue weighted by atomic mass is 10.1. The summed E-state index contributed by atoms with van der Waals surface area (Å²) in [5.74, 6) is 0.589. The van der Waals surface area contributed by atoms with Crippen molar-refractivity contribution in [1.29, 1.82) is 0 Å². The molecule has 1 atom stereocenters. The molecule has 0 radical (unpaired) electrons. The van der Waals surface area contributed by atoms with Gasteiger partial charge in [-0.3, -0.25) is 4.79 Å². The van der Waals surface area contributed by atoms with Crippen LogP contribution < -0.4 is 15.8 Å². The summed E-state index contributed by atoms with van der Waals surface area (Å²) in [6.07, 6.45) is 0. The maximum atomic E-state index is 12.3. The van der Waals surface area contributed by atoms with Crippen LogP contribution in [0.2, 0.25) is 0 Å². The average Bonchev–Trinajstić information content (AvgIpc) is 2.49. The van der Waals surface area contributed by atoms with E-state index in [1.165, 1.54) is 0 Å². The summed E-state index contributed by atoms with van der Waals surface area (Å²) < 4.78 is 5.94. The first-order valence-electron chi connectivity index (χ1n) is 6.51. The second-order valence-corrected chi connectivity index (χ2v) is 5.62. The zero-order chi connectivity index (χ0) is 15.4. The number of nitrogens with one attached hydrogen (secondary N) is 1. The Bertz CT molecular complexity index is 641. The molecule has 0 aliphatic carbocycles. The third kappa shape index (κ3) is 3.76. The molecule has 2 rings (SSSR count). The van der Waals surface area contributed by atoms with E-state index in [-0.39, 0.29) is 11.9 Å². The van der Waals surface area contributed by atoms with Gasteiger partial charge in [0.2, 0.25) is 0 Å². The average molecular weight is 349 g/mol. The normalized spacial score (nSPS) is 11.8. The van der Waals surface area contributed by atoms with Crippen molar-refractivity contribution in [3.8, 4) is 5.75 Å². The van der Waals surface area contributed by atoms with Gasteiger partial charge in [0.1, 0.15) is 5.75 Å². The number of methoxy groups -OCH3 is 1. The van der Waals surface area contributed by atoms with E-state index in [2.05, 4.69) is 21.2 Å². The topological polar surface area (TPSA) is 64.3 Å². The minimum absolute atomic E-state index is 0.123. The summed E-state index contributed by atoms with van der Waals surface area (Å²) in [5, 5.41) is 2.94. The molecular formula is C16H17BrN2O2. The fourth-order valence-electron chi connectivity index (χ4n) is 1.98. The third-order valence-electron chi connectivity index (χ3n) is 3.22. The number of benzene rings is 2. The Balaban J connectivity index is 2.12. The minimum Gasteiger partial charge on any atom is -0.497 e. The molecular weight excluding hydrogens is 332 g/mol. The lowest BCUT2D eigenvalue weighted by Crippen LogP contribution is -2.27. The Morgan fingerprint density at radius 2 is 1.90 bits per heavy atom. The summed E-state index contributed by atoms with van der Waals surface area (Å²) in [5.41, 5.74) is 7.76. The van der Waals surface area contributed by atoms with E-state index in [1.807, 2.05) is 31.2 Å². The van der Waals surface area contributed by atoms with Crippen molar-refractivity contribution in [1.82, 2.24) is 5.32 Å². The predicted molar refractivity (Wildman–Crippen MR) is 87.4 cm³/mol. The van der Waals surface area contributed by atoms with E-state index >= 15 is 0 Å². The number of hydrogen-bond donors (Lipinski definition) is 2. The minimum atomic E-state index is -0.197. The van der Waals surface area contributed by atoms with Crippen LogP contribution in [0.15, 0.2) is 46.9 Å². The number of amides is 1. The van der Waals surface area contributed by atoms with Gasteiger partial charge in [-0.2, -0.15) is 0 Å². The molecule has 21 heavy (non-hydrogen) atoms. The number of anilines is 1. The smallest absolute Gasteiger partial charge is 0.253 e. The molecule has 0 aliphatic rings. The number of ether oxygens (including phenoxy) is 1. The fourth-order valence-corrected chi connectivity index (χ4v) is 2.34. The van der Waals surface area contributed by atoms with E-state index < -0.39 is 0 Å². The van der Waals surface area contributed by atoms with Gasteiger partial charge >= 0.3 is 0 Å². The maximum Gasteiger partial charge on any atom is 0.253 e. The molecule has 0 spiro atoms. The predicted octanol–water partition coefficient (Wildman–Crippen LogP) is 3.53. The zero-order valence-electron chi connectivity index (χ0n) is 11.9. The standard InChI is InChI=1S/C16H17BrN2O2/c1-10(11-3-6-13(21-2)7-4-11)19-16(20)14-9-12(17)5-8-15(14)18/h3-10H,18H2,1-2H3,(H,19,20). The SMILES string of the molecule is COc1ccc(C(C)NC(=O)c2cc(Br)ccc2N)cc1. The maximum absolute atomic E-state index is 12.3. The molecule has 0 bridgehead atoms. The molecule has 0 aliphatic heterocycles. The molecule has 1 amide bonds. The Labute approximate surface area is 132 Å². The van der Waals surface area contributed by atoms with Gasteiger partial charge in [0.25, 0.3) is 5.91 Å². The highest BCUT2D eigenvalue weighted by Crippen LogP contribution is 2.21. The van der Waals surface area contributed by atoms with Crippen molar-refractivity contribution in [2.24, 2.45) is 0 Å². The van der Waals surface area contributed by atoms with E-state index in [0.29, 0.717) is 11.3 Å². The molecule has 0 aromatic heterocycles. The highest BCUT2D eigenvalue weighted by molar-refractivity contribution is 9.10. The number of carbonyl (C=O) groups is 1. The second kappa shape index (κ2) is 6.63. The number of nitrogen functional groups attached to an aromatic ring is 1. The van der Waals surface area contributed by atoms with E-state index in [9.17, 15) is 4.79 Å². The molecule has 0 heterocycles. The molecule has 4 nitrogen and oxygen atoms in total. The van der Waals surface area contributed by atoms with Crippen LogP contribution in [0.25, 0.3) is 0 Å². The van der Waals surface area contributed by atoms with Gasteiger partial charge in [-0.15, -0.1) is 0 Å². The van der Waals surface area contributed by atoms with Crippen LogP contribution in [-0.2, 0) is 0 Å². The van der Waals surface area contributed by atoms with Gasteiger partial charge in [-0.1, -0.05) is 28.1 Å². The molecule has 110 valence electrons. The van der Waals surface area contributed by atoms with Crippen molar-refractivity contribution in [3.63, 3.8) is 0 Å². The Hall–Kier alpha value is -2.01. The molecule has 0 saturated heterocycles. The van der Waals surface area contributed by atoms with Crippen LogP contribution >= 0.6 is 15.9 Å². The summed E-state index contributed by atoms with van der Waals surface area (Å²) in [6, 6.07) is 12.7. The summed E-state index contributed by atoms with van der Waals surface area (Å²) in [7, 11) is 1.62. The molecule has 5 heteroatoms. The van der Waals surface area contributed by atoms with Crippen LogP contribution in [-0.4, -0.2) is 13.0 Å². The van der Waals surface area contributed by atoms with E-state index in [4.69, 9.17) is 10.5 Å². The first-order valence-corrected chi connectivity index (χ1v) is 7.30. The zero-order valence-corrected chi connectivity index (χ0v) is 13.5. The van der Waals surface area contributed by atoms with Crippen molar-refractivity contribution in [2.45, 2.75) is 13.0 Å². The van der Waals surface area contributed by atoms with Crippen molar-refractivity contribution in [2.75, 3.05) is 12.8 Å². The molecule has 2 aromatic rings. The number of nitrogens with two attached hydrogens (primary N) is 1. The second-order valence-electron chi connectivity index (χ2n) is 4.70. The molecule has 0 saturated carbocycles. The van der Waals surface area contributed by atoms with Crippen LogP contribution in [0.5, 0.6) is 5.75 Å². The largest absolute Gasteiger partial charge is 0.497 e. The Morgan fingerprint density at radius 3 is 2.52 bits per heavy atom. The van der Waals surface area contributed by atoms with Crippen LogP contribution in [0.3, 0.4) is 0 Å². The van der Waals surface area contributed by atoms with Crippen LogP contribution in [0.4, 0.5) is 5.69 Å². The van der Waals surface area contributed by atoms with Gasteiger partial charge in [-0.05, 0) is 42.8 Å². The first-order chi connectivity index (χ1) is 10.0. The monoisotopic (exact) mass is 348 g/mol. The lowest BCUT2D eigenvalue weighted by molar-refractivity contribution is 0.0940.